The summed E-state index contributed by atoms with van der Waals surface area (Å²) < 4.78 is 10.7. The zero-order valence-corrected chi connectivity index (χ0v) is 11.6. The largest absolute Gasteiger partial charge is 0.469 e. The molecule has 0 amide bonds. The highest BCUT2D eigenvalue weighted by Crippen LogP contribution is 2.22. The smallest absolute Gasteiger partial charge is 0.309 e. The van der Waals surface area contributed by atoms with E-state index in [1.165, 1.54) is 39.2 Å². The van der Waals surface area contributed by atoms with Crippen LogP contribution >= 0.6 is 0 Å². The number of esters is 1. The monoisotopic (exact) mass is 262 g/mol. The molecular weight excluding hydrogens is 240 g/mol. The maximum atomic E-state index is 11.4. The van der Waals surface area contributed by atoms with Crippen LogP contribution in [0.5, 0.6) is 0 Å². The van der Waals surface area contributed by atoms with Crippen LogP contribution in [0.15, 0.2) is 24.3 Å². The van der Waals surface area contributed by atoms with Crippen LogP contribution in [0, 0.1) is 0 Å². The SMILES string of the molecule is COC(=O)Cc1ccccc1COC1CCCCC1. The fourth-order valence-corrected chi connectivity index (χ4v) is 2.54. The molecule has 1 aromatic rings. The highest BCUT2D eigenvalue weighted by molar-refractivity contribution is 5.72. The Morgan fingerprint density at radius 1 is 1.16 bits per heavy atom. The molecule has 1 aromatic carbocycles. The molecule has 0 spiro atoms. The van der Waals surface area contributed by atoms with Gasteiger partial charge in [-0.1, -0.05) is 43.5 Å². The summed E-state index contributed by atoms with van der Waals surface area (Å²) in [6, 6.07) is 7.93. The van der Waals surface area contributed by atoms with Crippen LogP contribution < -0.4 is 0 Å². The molecule has 3 heteroatoms. The van der Waals surface area contributed by atoms with Crippen molar-refractivity contribution in [1.29, 1.82) is 0 Å². The molecule has 104 valence electrons. The molecule has 0 atom stereocenters. The lowest BCUT2D eigenvalue weighted by Crippen LogP contribution is -2.17. The molecular formula is C16H22O3. The van der Waals surface area contributed by atoms with E-state index in [2.05, 4.69) is 0 Å². The Hall–Kier alpha value is -1.35. The predicted molar refractivity (Wildman–Crippen MR) is 73.8 cm³/mol. The van der Waals surface area contributed by atoms with Crippen molar-refractivity contribution in [3.05, 3.63) is 35.4 Å². The minimum atomic E-state index is -0.204. The zero-order valence-electron chi connectivity index (χ0n) is 11.6. The molecule has 0 saturated heterocycles. The molecule has 0 aromatic heterocycles. The van der Waals surface area contributed by atoms with Crippen LogP contribution in [0.2, 0.25) is 0 Å². The summed E-state index contributed by atoms with van der Waals surface area (Å²) >= 11 is 0. The first kappa shape index (κ1) is 14.1. The average Bonchev–Trinajstić information content (AvgIpc) is 2.47. The molecule has 0 heterocycles. The summed E-state index contributed by atoms with van der Waals surface area (Å²) in [5.41, 5.74) is 2.10. The number of rotatable bonds is 5. The van der Waals surface area contributed by atoms with Crippen LogP contribution in [0.4, 0.5) is 0 Å². The van der Waals surface area contributed by atoms with E-state index in [4.69, 9.17) is 9.47 Å². The Balaban J connectivity index is 1.93. The summed E-state index contributed by atoms with van der Waals surface area (Å²) in [7, 11) is 1.42. The summed E-state index contributed by atoms with van der Waals surface area (Å²) in [5.74, 6) is -0.204. The van der Waals surface area contributed by atoms with Crippen molar-refractivity contribution in [2.45, 2.75) is 51.2 Å². The van der Waals surface area contributed by atoms with E-state index in [1.54, 1.807) is 0 Å². The van der Waals surface area contributed by atoms with Gasteiger partial charge in [-0.05, 0) is 24.0 Å². The number of hydrogen-bond donors (Lipinski definition) is 0. The summed E-state index contributed by atoms with van der Waals surface area (Å²) in [5, 5.41) is 0. The molecule has 19 heavy (non-hydrogen) atoms. The fourth-order valence-electron chi connectivity index (χ4n) is 2.54. The lowest BCUT2D eigenvalue weighted by molar-refractivity contribution is -0.139. The average molecular weight is 262 g/mol. The standard InChI is InChI=1S/C16H22O3/c1-18-16(17)11-13-7-5-6-8-14(13)12-19-15-9-3-2-4-10-15/h5-8,15H,2-4,9-12H2,1H3. The van der Waals surface area contributed by atoms with Crippen LogP contribution in [0.3, 0.4) is 0 Å². The van der Waals surface area contributed by atoms with Gasteiger partial charge >= 0.3 is 5.97 Å². The van der Waals surface area contributed by atoms with Gasteiger partial charge in [0.15, 0.2) is 0 Å². The van der Waals surface area contributed by atoms with Gasteiger partial charge in [-0.2, -0.15) is 0 Å². The number of hydrogen-bond acceptors (Lipinski definition) is 3. The molecule has 0 bridgehead atoms. The maximum absolute atomic E-state index is 11.4. The third kappa shape index (κ3) is 4.35. The molecule has 3 nitrogen and oxygen atoms in total. The van der Waals surface area contributed by atoms with Gasteiger partial charge in [0, 0.05) is 0 Å². The van der Waals surface area contributed by atoms with E-state index in [1.807, 2.05) is 24.3 Å². The Labute approximate surface area is 114 Å². The third-order valence-corrected chi connectivity index (χ3v) is 3.71. The first-order valence-electron chi connectivity index (χ1n) is 7.05. The van der Waals surface area contributed by atoms with Gasteiger partial charge in [-0.15, -0.1) is 0 Å². The lowest BCUT2D eigenvalue weighted by Gasteiger charge is -2.22. The lowest BCUT2D eigenvalue weighted by atomic mass is 9.97. The first-order valence-corrected chi connectivity index (χ1v) is 7.05. The van der Waals surface area contributed by atoms with E-state index in [0.717, 1.165) is 11.1 Å². The van der Waals surface area contributed by atoms with Crippen molar-refractivity contribution in [2.24, 2.45) is 0 Å². The number of methoxy groups -OCH3 is 1. The molecule has 0 radical (unpaired) electrons. The molecule has 1 aliphatic rings. The van der Waals surface area contributed by atoms with Crippen LogP contribution in [-0.4, -0.2) is 19.2 Å². The number of ether oxygens (including phenoxy) is 2. The summed E-state index contributed by atoms with van der Waals surface area (Å²) in [4.78, 5) is 11.4. The van der Waals surface area contributed by atoms with Crippen molar-refractivity contribution < 1.29 is 14.3 Å². The van der Waals surface area contributed by atoms with Crippen molar-refractivity contribution in [1.82, 2.24) is 0 Å². The summed E-state index contributed by atoms with van der Waals surface area (Å²) in [6.07, 6.45) is 6.92. The molecule has 1 saturated carbocycles. The fraction of sp³-hybridized carbons (Fsp3) is 0.562. The van der Waals surface area contributed by atoms with E-state index in [-0.39, 0.29) is 5.97 Å². The van der Waals surface area contributed by atoms with Gasteiger partial charge in [0.05, 0.1) is 26.2 Å². The van der Waals surface area contributed by atoms with E-state index < -0.39 is 0 Å². The number of carbonyl (C=O) groups is 1. The zero-order chi connectivity index (χ0) is 13.5. The quantitative estimate of drug-likeness (QED) is 0.764. The van der Waals surface area contributed by atoms with Crippen LogP contribution in [0.25, 0.3) is 0 Å². The Bertz CT molecular complexity index is 408. The molecule has 2 rings (SSSR count). The Morgan fingerprint density at radius 2 is 1.84 bits per heavy atom. The third-order valence-electron chi connectivity index (χ3n) is 3.71. The van der Waals surface area contributed by atoms with Gasteiger partial charge in [-0.25, -0.2) is 0 Å². The van der Waals surface area contributed by atoms with Crippen molar-refractivity contribution in [3.63, 3.8) is 0 Å². The van der Waals surface area contributed by atoms with Gasteiger partial charge in [-0.3, -0.25) is 4.79 Å². The van der Waals surface area contributed by atoms with Gasteiger partial charge in [0.1, 0.15) is 0 Å². The molecule has 1 fully saturated rings. The molecule has 1 aliphatic carbocycles. The highest BCUT2D eigenvalue weighted by Gasteiger charge is 2.15. The molecule has 0 unspecified atom stereocenters. The van der Waals surface area contributed by atoms with E-state index in [0.29, 0.717) is 19.1 Å². The first-order chi connectivity index (χ1) is 9.29. The van der Waals surface area contributed by atoms with Gasteiger partial charge < -0.3 is 9.47 Å². The number of benzene rings is 1. The normalized spacial score (nSPS) is 16.3. The second-order valence-corrected chi connectivity index (χ2v) is 5.09. The van der Waals surface area contributed by atoms with Crippen molar-refractivity contribution in [3.8, 4) is 0 Å². The topological polar surface area (TPSA) is 35.5 Å². The van der Waals surface area contributed by atoms with Crippen LogP contribution in [-0.2, 0) is 27.3 Å². The van der Waals surface area contributed by atoms with E-state index >= 15 is 0 Å². The molecule has 0 aliphatic heterocycles. The van der Waals surface area contributed by atoms with E-state index in [9.17, 15) is 4.79 Å². The molecule has 0 N–H and O–H groups in total. The predicted octanol–water partition coefficient (Wildman–Crippen LogP) is 3.25. The van der Waals surface area contributed by atoms with Crippen molar-refractivity contribution in [2.75, 3.05) is 7.11 Å². The highest BCUT2D eigenvalue weighted by atomic mass is 16.5. The van der Waals surface area contributed by atoms with Gasteiger partial charge in [0.25, 0.3) is 0 Å². The second-order valence-electron chi connectivity index (χ2n) is 5.09. The number of carbonyl (C=O) groups excluding carboxylic acids is 1. The van der Waals surface area contributed by atoms with Crippen molar-refractivity contribution >= 4 is 5.97 Å². The minimum Gasteiger partial charge on any atom is -0.469 e. The Morgan fingerprint density at radius 3 is 2.53 bits per heavy atom. The second kappa shape index (κ2) is 7.29. The minimum absolute atomic E-state index is 0.204. The Kier molecular flexibility index (Phi) is 5.40. The summed E-state index contributed by atoms with van der Waals surface area (Å²) in [6.45, 7) is 0.595. The van der Waals surface area contributed by atoms with Gasteiger partial charge in [0.2, 0.25) is 0 Å². The maximum Gasteiger partial charge on any atom is 0.309 e. The van der Waals surface area contributed by atoms with Crippen LogP contribution in [0.1, 0.15) is 43.2 Å².